The maximum Gasteiger partial charge on any atom is 0.304 e. The highest BCUT2D eigenvalue weighted by molar-refractivity contribution is 7.98. The molecular formula is C10H12ClNO4S2. The molecule has 0 fully saturated rings. The fraction of sp³-hybridized carbons (Fsp3) is 0.300. The number of hydrogen-bond acceptors (Lipinski definition) is 4. The van der Waals surface area contributed by atoms with E-state index in [1.807, 2.05) is 6.26 Å². The van der Waals surface area contributed by atoms with Crippen molar-refractivity contribution in [2.75, 3.05) is 12.8 Å². The SMILES string of the molecule is CSc1ccc(S(=O)(=O)NCCC(=O)O)cc1Cl. The van der Waals surface area contributed by atoms with Crippen LogP contribution in [0.2, 0.25) is 5.02 Å². The lowest BCUT2D eigenvalue weighted by Crippen LogP contribution is -2.26. The largest absolute Gasteiger partial charge is 0.481 e. The van der Waals surface area contributed by atoms with Crippen LogP contribution in [-0.2, 0) is 14.8 Å². The number of benzene rings is 1. The molecule has 0 unspecified atom stereocenters. The van der Waals surface area contributed by atoms with E-state index in [1.54, 1.807) is 6.07 Å². The summed E-state index contributed by atoms with van der Waals surface area (Å²) in [6.45, 7) is -0.153. The Labute approximate surface area is 115 Å². The number of carboxylic acids is 1. The minimum absolute atomic E-state index is 0.0238. The molecule has 0 spiro atoms. The smallest absolute Gasteiger partial charge is 0.304 e. The summed E-state index contributed by atoms with van der Waals surface area (Å²) in [5.41, 5.74) is 0. The molecule has 1 rings (SSSR count). The van der Waals surface area contributed by atoms with Gasteiger partial charge in [-0.2, -0.15) is 0 Å². The standard InChI is InChI=1S/C10H12ClNO4S2/c1-17-9-3-2-7(6-8(9)11)18(15,16)12-5-4-10(13)14/h2-3,6,12H,4-5H2,1H3,(H,13,14). The molecule has 5 nitrogen and oxygen atoms in total. The van der Waals surface area contributed by atoms with Crippen molar-refractivity contribution in [2.24, 2.45) is 0 Å². The van der Waals surface area contributed by atoms with Crippen molar-refractivity contribution in [1.82, 2.24) is 4.72 Å². The number of rotatable bonds is 6. The Morgan fingerprint density at radius 2 is 2.17 bits per heavy atom. The van der Waals surface area contributed by atoms with Gasteiger partial charge in [-0.1, -0.05) is 11.6 Å². The number of nitrogens with one attached hydrogen (secondary N) is 1. The molecule has 0 bridgehead atoms. The molecule has 0 atom stereocenters. The first kappa shape index (κ1) is 15.3. The number of halogens is 1. The number of carboxylic acid groups (broad SMARTS) is 1. The van der Waals surface area contributed by atoms with Crippen LogP contribution < -0.4 is 4.72 Å². The molecule has 0 aliphatic carbocycles. The lowest BCUT2D eigenvalue weighted by molar-refractivity contribution is -0.136. The van der Waals surface area contributed by atoms with Crippen molar-refractivity contribution in [2.45, 2.75) is 16.2 Å². The third-order valence-corrected chi connectivity index (χ3v) is 4.74. The van der Waals surface area contributed by atoms with Gasteiger partial charge < -0.3 is 5.11 Å². The lowest BCUT2D eigenvalue weighted by atomic mass is 10.4. The second-order valence-electron chi connectivity index (χ2n) is 3.34. The van der Waals surface area contributed by atoms with Crippen molar-refractivity contribution in [1.29, 1.82) is 0 Å². The highest BCUT2D eigenvalue weighted by Gasteiger charge is 2.15. The van der Waals surface area contributed by atoms with Crippen LogP contribution in [0.3, 0.4) is 0 Å². The fourth-order valence-corrected chi connectivity index (χ4v) is 3.18. The van der Waals surface area contributed by atoms with E-state index in [2.05, 4.69) is 4.72 Å². The number of thioether (sulfide) groups is 1. The van der Waals surface area contributed by atoms with Crippen LogP contribution in [0.5, 0.6) is 0 Å². The van der Waals surface area contributed by atoms with Crippen LogP contribution >= 0.6 is 23.4 Å². The summed E-state index contributed by atoms with van der Waals surface area (Å²) in [6, 6.07) is 4.38. The summed E-state index contributed by atoms with van der Waals surface area (Å²) in [4.78, 5) is 11.1. The predicted molar refractivity (Wildman–Crippen MR) is 70.7 cm³/mol. The molecule has 0 aromatic heterocycles. The van der Waals surface area contributed by atoms with Gasteiger partial charge >= 0.3 is 5.97 Å². The summed E-state index contributed by atoms with van der Waals surface area (Å²) >= 11 is 7.32. The first-order chi connectivity index (χ1) is 8.36. The molecule has 1 aromatic rings. The Balaban J connectivity index is 2.85. The number of carbonyl (C=O) groups is 1. The maximum absolute atomic E-state index is 11.8. The Bertz CT molecular complexity index is 545. The van der Waals surface area contributed by atoms with Gasteiger partial charge in [0.15, 0.2) is 0 Å². The van der Waals surface area contributed by atoms with E-state index in [-0.39, 0.29) is 17.9 Å². The number of sulfonamides is 1. The lowest BCUT2D eigenvalue weighted by Gasteiger charge is -2.07. The van der Waals surface area contributed by atoms with E-state index in [1.165, 1.54) is 23.9 Å². The van der Waals surface area contributed by atoms with Crippen molar-refractivity contribution in [3.8, 4) is 0 Å². The molecule has 2 N–H and O–H groups in total. The van der Waals surface area contributed by atoms with Crippen LogP contribution in [0, 0.1) is 0 Å². The zero-order valence-electron chi connectivity index (χ0n) is 9.51. The summed E-state index contributed by atoms with van der Waals surface area (Å²) in [5.74, 6) is -1.06. The van der Waals surface area contributed by atoms with Crippen LogP contribution in [-0.4, -0.2) is 32.3 Å². The molecule has 0 aliphatic heterocycles. The Morgan fingerprint density at radius 1 is 1.50 bits per heavy atom. The molecule has 0 radical (unpaired) electrons. The summed E-state index contributed by atoms with van der Waals surface area (Å²) in [7, 11) is -3.71. The minimum Gasteiger partial charge on any atom is -0.481 e. The Kier molecular flexibility index (Phi) is 5.46. The van der Waals surface area contributed by atoms with Gasteiger partial charge in [0, 0.05) is 11.4 Å². The van der Waals surface area contributed by atoms with Gasteiger partial charge in [-0.3, -0.25) is 4.79 Å². The third-order valence-electron chi connectivity index (χ3n) is 2.06. The highest BCUT2D eigenvalue weighted by Crippen LogP contribution is 2.27. The summed E-state index contributed by atoms with van der Waals surface area (Å²) in [5, 5.41) is 8.79. The minimum atomic E-state index is -3.71. The molecule has 18 heavy (non-hydrogen) atoms. The van der Waals surface area contributed by atoms with Crippen LogP contribution in [0.4, 0.5) is 0 Å². The second-order valence-corrected chi connectivity index (χ2v) is 6.36. The van der Waals surface area contributed by atoms with E-state index in [4.69, 9.17) is 16.7 Å². The Morgan fingerprint density at radius 3 is 2.67 bits per heavy atom. The van der Waals surface area contributed by atoms with Gasteiger partial charge in [0.05, 0.1) is 16.3 Å². The monoisotopic (exact) mass is 309 g/mol. The van der Waals surface area contributed by atoms with Crippen molar-refractivity contribution >= 4 is 39.4 Å². The number of hydrogen-bond donors (Lipinski definition) is 2. The molecule has 0 aliphatic rings. The molecular weight excluding hydrogens is 298 g/mol. The molecule has 0 saturated heterocycles. The normalized spacial score (nSPS) is 11.4. The maximum atomic E-state index is 11.8. The Hall–Kier alpha value is -0.760. The van der Waals surface area contributed by atoms with E-state index in [9.17, 15) is 13.2 Å². The zero-order chi connectivity index (χ0) is 13.8. The molecule has 0 saturated carbocycles. The van der Waals surface area contributed by atoms with Gasteiger partial charge in [0.25, 0.3) is 0 Å². The first-order valence-electron chi connectivity index (χ1n) is 4.92. The average Bonchev–Trinajstić information content (AvgIpc) is 2.28. The quantitative estimate of drug-likeness (QED) is 0.783. The summed E-state index contributed by atoms with van der Waals surface area (Å²) in [6.07, 6.45) is 1.57. The summed E-state index contributed by atoms with van der Waals surface area (Å²) < 4.78 is 25.8. The van der Waals surface area contributed by atoms with Crippen LogP contribution in [0.25, 0.3) is 0 Å². The van der Waals surface area contributed by atoms with E-state index in [0.29, 0.717) is 5.02 Å². The molecule has 0 amide bonds. The van der Waals surface area contributed by atoms with E-state index >= 15 is 0 Å². The van der Waals surface area contributed by atoms with E-state index in [0.717, 1.165) is 4.90 Å². The predicted octanol–water partition coefficient (Wildman–Crippen LogP) is 1.81. The first-order valence-corrected chi connectivity index (χ1v) is 8.00. The molecule has 0 heterocycles. The zero-order valence-corrected chi connectivity index (χ0v) is 11.9. The van der Waals surface area contributed by atoms with Gasteiger partial charge in [-0.15, -0.1) is 11.8 Å². The topological polar surface area (TPSA) is 83.5 Å². The van der Waals surface area contributed by atoms with Crippen LogP contribution in [0.1, 0.15) is 6.42 Å². The fourth-order valence-electron chi connectivity index (χ4n) is 1.19. The van der Waals surface area contributed by atoms with Gasteiger partial charge in [-0.25, -0.2) is 13.1 Å². The second kappa shape index (κ2) is 6.42. The van der Waals surface area contributed by atoms with Gasteiger partial charge in [0.1, 0.15) is 0 Å². The van der Waals surface area contributed by atoms with Crippen molar-refractivity contribution in [3.05, 3.63) is 23.2 Å². The molecule has 100 valence electrons. The van der Waals surface area contributed by atoms with Crippen LogP contribution in [0.15, 0.2) is 28.0 Å². The van der Waals surface area contributed by atoms with Crippen molar-refractivity contribution < 1.29 is 18.3 Å². The number of aliphatic carboxylic acids is 1. The third kappa shape index (κ3) is 4.16. The molecule has 8 heteroatoms. The van der Waals surface area contributed by atoms with E-state index < -0.39 is 16.0 Å². The van der Waals surface area contributed by atoms with Crippen molar-refractivity contribution in [3.63, 3.8) is 0 Å². The molecule has 1 aromatic carbocycles. The van der Waals surface area contributed by atoms with Gasteiger partial charge in [-0.05, 0) is 24.5 Å². The average molecular weight is 310 g/mol. The van der Waals surface area contributed by atoms with Gasteiger partial charge in [0.2, 0.25) is 10.0 Å². The highest BCUT2D eigenvalue weighted by atomic mass is 35.5.